The fourth-order valence-corrected chi connectivity index (χ4v) is 3.76. The first-order valence-corrected chi connectivity index (χ1v) is 11.5. The number of benzene rings is 3. The summed E-state index contributed by atoms with van der Waals surface area (Å²) in [5.74, 6) is 0.278. The second-order valence-electron chi connectivity index (χ2n) is 8.15. The Balaban J connectivity index is 1.28. The lowest BCUT2D eigenvalue weighted by atomic mass is 10.1. The number of hydrogen-bond donors (Lipinski definition) is 1. The quantitative estimate of drug-likeness (QED) is 0.495. The molecular weight excluding hydrogens is 440 g/mol. The summed E-state index contributed by atoms with van der Waals surface area (Å²) >= 11 is 0. The van der Waals surface area contributed by atoms with Crippen LogP contribution in [0, 0.1) is 11.3 Å². The molecule has 1 N–H and O–H groups in total. The van der Waals surface area contributed by atoms with Gasteiger partial charge in [0.2, 0.25) is 11.8 Å². The Morgan fingerprint density at radius 2 is 1.71 bits per heavy atom. The molecule has 4 rings (SSSR count). The van der Waals surface area contributed by atoms with Crippen LogP contribution in [0.3, 0.4) is 0 Å². The highest BCUT2D eigenvalue weighted by atomic mass is 16.5. The van der Waals surface area contributed by atoms with Gasteiger partial charge in [0.15, 0.2) is 0 Å². The number of hydrogen-bond acceptors (Lipinski definition) is 5. The molecule has 7 nitrogen and oxygen atoms in total. The van der Waals surface area contributed by atoms with E-state index in [0.29, 0.717) is 30.8 Å². The number of carbonyl (C=O) groups excluding carboxylic acids is 2. The van der Waals surface area contributed by atoms with Crippen LogP contribution in [0.2, 0.25) is 0 Å². The zero-order valence-electron chi connectivity index (χ0n) is 19.3. The molecule has 3 aromatic rings. The van der Waals surface area contributed by atoms with Crippen molar-refractivity contribution in [2.24, 2.45) is 5.10 Å². The summed E-state index contributed by atoms with van der Waals surface area (Å²) in [7, 11) is 0. The Morgan fingerprint density at radius 1 is 0.971 bits per heavy atom. The Morgan fingerprint density at radius 3 is 2.49 bits per heavy atom. The molecule has 0 radical (unpaired) electrons. The number of amides is 2. The lowest BCUT2D eigenvalue weighted by Gasteiger charge is -2.13. The number of para-hydroxylation sites is 1. The van der Waals surface area contributed by atoms with E-state index in [1.165, 1.54) is 5.01 Å². The molecule has 0 fully saturated rings. The Hall–Kier alpha value is -4.44. The maximum Gasteiger partial charge on any atom is 0.243 e. The number of nitrogens with one attached hydrogen (secondary N) is 1. The van der Waals surface area contributed by atoms with Crippen molar-refractivity contribution in [3.05, 3.63) is 95.6 Å². The molecule has 1 heterocycles. The molecular formula is C28H26N4O3. The van der Waals surface area contributed by atoms with Gasteiger partial charge in [-0.25, -0.2) is 5.01 Å². The topological polar surface area (TPSA) is 94.8 Å². The van der Waals surface area contributed by atoms with Gasteiger partial charge in [0.1, 0.15) is 12.4 Å². The fraction of sp³-hybridized carbons (Fsp3) is 0.214. The molecule has 2 amide bonds. The molecule has 3 aromatic carbocycles. The summed E-state index contributed by atoms with van der Waals surface area (Å²) in [5.41, 5.74) is 4.30. The maximum absolute atomic E-state index is 12.6. The third-order valence-electron chi connectivity index (χ3n) is 5.65. The highest BCUT2D eigenvalue weighted by Gasteiger charge is 2.22. The van der Waals surface area contributed by atoms with Gasteiger partial charge in [-0.3, -0.25) is 9.59 Å². The van der Waals surface area contributed by atoms with Crippen molar-refractivity contribution < 1.29 is 14.3 Å². The third-order valence-corrected chi connectivity index (χ3v) is 5.65. The van der Waals surface area contributed by atoms with E-state index >= 15 is 0 Å². The molecule has 0 unspecified atom stereocenters. The first-order chi connectivity index (χ1) is 17.1. The van der Waals surface area contributed by atoms with Gasteiger partial charge < -0.3 is 10.1 Å². The maximum atomic E-state index is 12.6. The van der Waals surface area contributed by atoms with Crippen molar-refractivity contribution in [3.63, 3.8) is 0 Å². The van der Waals surface area contributed by atoms with E-state index in [-0.39, 0.29) is 31.3 Å². The van der Waals surface area contributed by atoms with Crippen molar-refractivity contribution in [2.45, 2.75) is 32.3 Å². The van der Waals surface area contributed by atoms with Crippen LogP contribution >= 0.6 is 0 Å². The van der Waals surface area contributed by atoms with Gasteiger partial charge in [-0.2, -0.15) is 10.4 Å². The van der Waals surface area contributed by atoms with Gasteiger partial charge in [0, 0.05) is 30.5 Å². The summed E-state index contributed by atoms with van der Waals surface area (Å²) in [4.78, 5) is 25.1. The van der Waals surface area contributed by atoms with Crippen LogP contribution in [0.1, 0.15) is 36.0 Å². The first kappa shape index (κ1) is 23.7. The average Bonchev–Trinajstić information content (AvgIpc) is 3.39. The Labute approximate surface area is 204 Å². The normalized spacial score (nSPS) is 12.5. The standard InChI is InChI=1S/C28H26N4O3/c29-18-16-21-10-12-24(13-11-21)35-20-23-8-4-5-9-25(23)30-27(33)14-15-28(34)32-19-17-26(31-32)22-6-2-1-3-7-22/h1-13H,14-17,19-20H2,(H,30,33). The SMILES string of the molecule is N#CCc1ccc(OCc2ccccc2NC(=O)CCC(=O)N2CCC(c3ccccc3)=N2)cc1. The van der Waals surface area contributed by atoms with Crippen molar-refractivity contribution in [2.75, 3.05) is 11.9 Å². The predicted octanol–water partition coefficient (Wildman–Crippen LogP) is 4.69. The van der Waals surface area contributed by atoms with E-state index in [1.54, 1.807) is 0 Å². The van der Waals surface area contributed by atoms with Gasteiger partial charge in [0.25, 0.3) is 0 Å². The number of anilines is 1. The molecule has 1 aliphatic heterocycles. The van der Waals surface area contributed by atoms with Crippen LogP contribution in [-0.4, -0.2) is 29.1 Å². The summed E-state index contributed by atoms with van der Waals surface area (Å²) in [5, 5.41) is 17.6. The monoisotopic (exact) mass is 466 g/mol. The van der Waals surface area contributed by atoms with Crippen LogP contribution in [0.15, 0.2) is 84.0 Å². The van der Waals surface area contributed by atoms with Crippen molar-refractivity contribution in [1.82, 2.24) is 5.01 Å². The van der Waals surface area contributed by atoms with Gasteiger partial charge in [-0.1, -0.05) is 60.7 Å². The minimum atomic E-state index is -0.238. The highest BCUT2D eigenvalue weighted by Crippen LogP contribution is 2.20. The summed E-state index contributed by atoms with van der Waals surface area (Å²) in [6.45, 7) is 0.806. The number of hydrazone groups is 1. The lowest BCUT2D eigenvalue weighted by molar-refractivity contribution is -0.132. The molecule has 0 bridgehead atoms. The van der Waals surface area contributed by atoms with Crippen molar-refractivity contribution in [3.8, 4) is 11.8 Å². The van der Waals surface area contributed by atoms with E-state index in [0.717, 1.165) is 22.4 Å². The van der Waals surface area contributed by atoms with Gasteiger partial charge in [-0.15, -0.1) is 0 Å². The van der Waals surface area contributed by atoms with Crippen LogP contribution in [0.4, 0.5) is 5.69 Å². The third kappa shape index (κ3) is 6.55. The van der Waals surface area contributed by atoms with Crippen molar-refractivity contribution in [1.29, 1.82) is 5.26 Å². The fourth-order valence-electron chi connectivity index (χ4n) is 3.76. The average molecular weight is 467 g/mol. The van der Waals surface area contributed by atoms with Crippen LogP contribution in [-0.2, 0) is 22.6 Å². The zero-order chi connectivity index (χ0) is 24.5. The zero-order valence-corrected chi connectivity index (χ0v) is 19.3. The number of nitriles is 1. The molecule has 0 spiro atoms. The molecule has 1 aliphatic rings. The molecule has 7 heteroatoms. The van der Waals surface area contributed by atoms with Gasteiger partial charge in [0.05, 0.1) is 24.7 Å². The van der Waals surface area contributed by atoms with Crippen LogP contribution < -0.4 is 10.1 Å². The minimum Gasteiger partial charge on any atom is -0.489 e. The van der Waals surface area contributed by atoms with Gasteiger partial charge >= 0.3 is 0 Å². The Bertz CT molecular complexity index is 1250. The minimum absolute atomic E-state index is 0.0705. The number of carbonyl (C=O) groups is 2. The second kappa shape index (κ2) is 11.6. The molecule has 0 saturated heterocycles. The van der Waals surface area contributed by atoms with Gasteiger partial charge in [-0.05, 0) is 29.3 Å². The van der Waals surface area contributed by atoms with E-state index < -0.39 is 0 Å². The number of ether oxygens (including phenoxy) is 1. The predicted molar refractivity (Wildman–Crippen MR) is 134 cm³/mol. The molecule has 176 valence electrons. The first-order valence-electron chi connectivity index (χ1n) is 11.5. The van der Waals surface area contributed by atoms with E-state index in [1.807, 2.05) is 78.9 Å². The van der Waals surface area contributed by atoms with Crippen LogP contribution in [0.25, 0.3) is 0 Å². The molecule has 35 heavy (non-hydrogen) atoms. The highest BCUT2D eigenvalue weighted by molar-refractivity contribution is 6.02. The number of rotatable bonds is 9. The van der Waals surface area contributed by atoms with Crippen LogP contribution in [0.5, 0.6) is 5.75 Å². The largest absolute Gasteiger partial charge is 0.489 e. The Kier molecular flexibility index (Phi) is 7.87. The van der Waals surface area contributed by atoms with E-state index in [2.05, 4.69) is 16.5 Å². The summed E-state index contributed by atoms with van der Waals surface area (Å²) in [6, 6.07) is 26.7. The summed E-state index contributed by atoms with van der Waals surface area (Å²) in [6.07, 6.45) is 1.22. The molecule has 0 aliphatic carbocycles. The van der Waals surface area contributed by atoms with E-state index in [9.17, 15) is 9.59 Å². The number of nitrogens with zero attached hydrogens (tertiary/aromatic N) is 3. The lowest BCUT2D eigenvalue weighted by Crippen LogP contribution is -2.25. The van der Waals surface area contributed by atoms with Crippen molar-refractivity contribution >= 4 is 23.2 Å². The van der Waals surface area contributed by atoms with E-state index in [4.69, 9.17) is 10.00 Å². The summed E-state index contributed by atoms with van der Waals surface area (Å²) < 4.78 is 5.85. The smallest absolute Gasteiger partial charge is 0.243 e. The molecule has 0 aromatic heterocycles. The molecule has 0 atom stereocenters. The molecule has 0 saturated carbocycles. The second-order valence-corrected chi connectivity index (χ2v) is 8.15.